The van der Waals surface area contributed by atoms with Gasteiger partial charge in [0.05, 0.1) is 4.90 Å². The molecular formula is C13H11NaO3S. The normalized spacial score (nSPS) is 11.4. The molecule has 1 atom stereocenters. The minimum absolute atomic E-state index is 0. The average molecular weight is 270 g/mol. The molecule has 1 N–H and O–H groups in total. The third-order valence-corrected chi connectivity index (χ3v) is 3.03. The Bertz CT molecular complexity index is 552. The van der Waals surface area contributed by atoms with Gasteiger partial charge in [-0.15, -0.1) is 0 Å². The molecule has 0 fully saturated rings. The maximum atomic E-state index is 12.0. The van der Waals surface area contributed by atoms with E-state index in [0.717, 1.165) is 0 Å². The van der Waals surface area contributed by atoms with Gasteiger partial charge in [0.15, 0.2) is 16.9 Å². The van der Waals surface area contributed by atoms with E-state index in [1.54, 1.807) is 36.4 Å². The third kappa shape index (κ3) is 3.60. The van der Waals surface area contributed by atoms with E-state index in [-0.39, 0.29) is 40.2 Å². The van der Waals surface area contributed by atoms with Gasteiger partial charge in [-0.2, -0.15) is 0 Å². The van der Waals surface area contributed by atoms with Crippen LogP contribution in [0.2, 0.25) is 0 Å². The predicted octanol–water partition coefficient (Wildman–Crippen LogP) is 1.85. The molecule has 5 heteroatoms. The van der Waals surface area contributed by atoms with Gasteiger partial charge in [0.2, 0.25) is 0 Å². The number of rotatable bonds is 3. The van der Waals surface area contributed by atoms with Crippen molar-refractivity contribution < 1.29 is 13.6 Å². The summed E-state index contributed by atoms with van der Waals surface area (Å²) in [4.78, 5) is 12.3. The number of ketones is 1. The molecule has 0 bridgehead atoms. The summed E-state index contributed by atoms with van der Waals surface area (Å²) in [6.07, 6.45) is 0. The number of hydrogen-bond acceptors (Lipinski definition) is 2. The zero-order chi connectivity index (χ0) is 12.3. The second-order valence-electron chi connectivity index (χ2n) is 3.47. The maximum absolute atomic E-state index is 12.0. The van der Waals surface area contributed by atoms with Gasteiger partial charge in [0, 0.05) is 11.1 Å². The van der Waals surface area contributed by atoms with E-state index in [1.165, 1.54) is 12.1 Å². The zero-order valence-electron chi connectivity index (χ0n) is 8.87. The molecular weight excluding hydrogens is 259 g/mol. The molecule has 2 aromatic carbocycles. The van der Waals surface area contributed by atoms with Gasteiger partial charge in [0.1, 0.15) is 0 Å². The van der Waals surface area contributed by atoms with Crippen LogP contribution in [0.25, 0.3) is 0 Å². The molecule has 1 unspecified atom stereocenters. The van der Waals surface area contributed by atoms with Gasteiger partial charge in [-0.25, -0.2) is 4.21 Å². The van der Waals surface area contributed by atoms with Crippen molar-refractivity contribution in [1.29, 1.82) is 0 Å². The fraction of sp³-hybridized carbons (Fsp3) is 0. The number of benzene rings is 2. The molecule has 18 heavy (non-hydrogen) atoms. The first-order valence-corrected chi connectivity index (χ1v) is 6.10. The van der Waals surface area contributed by atoms with Crippen LogP contribution in [-0.2, 0) is 11.1 Å². The molecule has 2 rings (SSSR count). The van der Waals surface area contributed by atoms with Gasteiger partial charge in [-0.1, -0.05) is 30.3 Å². The Morgan fingerprint density at radius 2 is 1.39 bits per heavy atom. The number of carbonyl (C=O) groups is 1. The van der Waals surface area contributed by atoms with Crippen LogP contribution < -0.4 is 0 Å². The summed E-state index contributed by atoms with van der Waals surface area (Å²) in [5, 5.41) is 0. The summed E-state index contributed by atoms with van der Waals surface area (Å²) in [6, 6.07) is 15.0. The first-order valence-electron chi connectivity index (χ1n) is 4.99. The van der Waals surface area contributed by atoms with E-state index < -0.39 is 11.1 Å². The van der Waals surface area contributed by atoms with E-state index in [2.05, 4.69) is 0 Å². The van der Waals surface area contributed by atoms with Crippen molar-refractivity contribution in [3.8, 4) is 0 Å². The van der Waals surface area contributed by atoms with Crippen LogP contribution in [0, 0.1) is 0 Å². The van der Waals surface area contributed by atoms with Crippen LogP contribution in [-0.4, -0.2) is 44.1 Å². The Kier molecular flexibility index (Phi) is 5.91. The Morgan fingerprint density at radius 3 is 1.89 bits per heavy atom. The molecule has 0 saturated heterocycles. The van der Waals surface area contributed by atoms with E-state index in [1.807, 2.05) is 6.07 Å². The van der Waals surface area contributed by atoms with Gasteiger partial charge in [0.25, 0.3) is 0 Å². The fourth-order valence-electron chi connectivity index (χ4n) is 1.48. The summed E-state index contributed by atoms with van der Waals surface area (Å²) < 4.78 is 19.6. The number of carbonyl (C=O) groups excluding carboxylic acids is 1. The molecule has 0 aliphatic carbocycles. The van der Waals surface area contributed by atoms with E-state index in [9.17, 15) is 9.00 Å². The summed E-state index contributed by atoms with van der Waals surface area (Å²) >= 11 is -2.01. The minimum atomic E-state index is -2.01. The molecule has 0 spiro atoms. The molecule has 0 radical (unpaired) electrons. The van der Waals surface area contributed by atoms with E-state index >= 15 is 0 Å². The third-order valence-electron chi connectivity index (χ3n) is 2.35. The summed E-state index contributed by atoms with van der Waals surface area (Å²) in [5.74, 6) is -0.0964. The molecule has 0 amide bonds. The Balaban J connectivity index is 0.00000162. The summed E-state index contributed by atoms with van der Waals surface area (Å²) in [7, 11) is 0. The SMILES string of the molecule is O=C(c1ccccc1)c1ccc(S(=O)O)cc1.[NaH]. The monoisotopic (exact) mass is 270 g/mol. The molecule has 0 heterocycles. The van der Waals surface area contributed by atoms with Gasteiger partial charge < -0.3 is 4.55 Å². The van der Waals surface area contributed by atoms with Crippen molar-refractivity contribution in [2.24, 2.45) is 0 Å². The Morgan fingerprint density at radius 1 is 0.889 bits per heavy atom. The van der Waals surface area contributed by atoms with Crippen LogP contribution in [0.1, 0.15) is 15.9 Å². The van der Waals surface area contributed by atoms with Crippen LogP contribution >= 0.6 is 0 Å². The molecule has 0 saturated carbocycles. The zero-order valence-corrected chi connectivity index (χ0v) is 9.68. The van der Waals surface area contributed by atoms with Crippen molar-refractivity contribution >= 4 is 46.4 Å². The quantitative estimate of drug-likeness (QED) is 0.526. The summed E-state index contributed by atoms with van der Waals surface area (Å²) in [6.45, 7) is 0. The Labute approximate surface area is 130 Å². The first-order chi connectivity index (χ1) is 8.18. The van der Waals surface area contributed by atoms with Gasteiger partial charge in [-0.05, 0) is 24.3 Å². The Hall–Kier alpha value is -0.780. The van der Waals surface area contributed by atoms with Crippen molar-refractivity contribution in [2.45, 2.75) is 4.90 Å². The second kappa shape index (κ2) is 6.97. The first kappa shape index (κ1) is 15.3. The number of hydrogen-bond donors (Lipinski definition) is 1. The van der Waals surface area contributed by atoms with Crippen molar-refractivity contribution in [3.05, 3.63) is 65.7 Å². The average Bonchev–Trinajstić information content (AvgIpc) is 2.39. The van der Waals surface area contributed by atoms with Crippen molar-refractivity contribution in [1.82, 2.24) is 0 Å². The van der Waals surface area contributed by atoms with Crippen LogP contribution in [0.4, 0.5) is 0 Å². The van der Waals surface area contributed by atoms with Crippen LogP contribution in [0.5, 0.6) is 0 Å². The van der Waals surface area contributed by atoms with Crippen LogP contribution in [0.3, 0.4) is 0 Å². The van der Waals surface area contributed by atoms with Crippen molar-refractivity contribution in [3.63, 3.8) is 0 Å². The standard InChI is InChI=1S/C13H10O3S.Na.H/c14-13(10-4-2-1-3-5-10)11-6-8-12(9-7-11)17(15)16;;/h1-9H,(H,15,16);;. The van der Waals surface area contributed by atoms with Crippen molar-refractivity contribution in [2.75, 3.05) is 0 Å². The molecule has 88 valence electrons. The van der Waals surface area contributed by atoms with Gasteiger partial charge >= 0.3 is 29.6 Å². The summed E-state index contributed by atoms with van der Waals surface area (Å²) in [5.41, 5.74) is 1.11. The molecule has 0 aromatic heterocycles. The molecule has 2 aromatic rings. The molecule has 0 aliphatic rings. The van der Waals surface area contributed by atoms with Gasteiger partial charge in [-0.3, -0.25) is 4.79 Å². The predicted molar refractivity (Wildman–Crippen MR) is 72.5 cm³/mol. The van der Waals surface area contributed by atoms with E-state index in [4.69, 9.17) is 4.55 Å². The molecule has 0 aliphatic heterocycles. The van der Waals surface area contributed by atoms with Crippen LogP contribution in [0.15, 0.2) is 59.5 Å². The molecule has 3 nitrogen and oxygen atoms in total. The topological polar surface area (TPSA) is 54.4 Å². The second-order valence-corrected chi connectivity index (χ2v) is 4.44. The van der Waals surface area contributed by atoms with E-state index in [0.29, 0.717) is 11.1 Å². The fourth-order valence-corrected chi connectivity index (χ4v) is 1.85.